The zero-order valence-electron chi connectivity index (χ0n) is 18.1. The van der Waals surface area contributed by atoms with Gasteiger partial charge in [-0.2, -0.15) is 0 Å². The first-order valence-corrected chi connectivity index (χ1v) is 11.9. The predicted octanol–water partition coefficient (Wildman–Crippen LogP) is 3.19. The van der Waals surface area contributed by atoms with Crippen molar-refractivity contribution in [2.24, 2.45) is 40.4 Å². The lowest BCUT2D eigenvalue weighted by atomic mass is 9.44. The highest BCUT2D eigenvalue weighted by atomic mass is 16.7. The van der Waals surface area contributed by atoms with Crippen molar-refractivity contribution in [1.29, 1.82) is 0 Å². The zero-order chi connectivity index (χ0) is 20.2. The Morgan fingerprint density at radius 2 is 2.07 bits per heavy atom. The maximum Gasteiger partial charge on any atom is 0.139 e. The molecule has 4 fully saturated rings. The molecule has 1 aliphatic heterocycles. The molecule has 5 aliphatic rings. The molecular weight excluding hydrogens is 364 g/mol. The lowest BCUT2D eigenvalue weighted by Gasteiger charge is -2.61. The Balaban J connectivity index is 1.37. The SMILES string of the molecule is C[C@]12CCC(NO[C@@H]3CCNC3)=CC1C[C@H](CO)[C@@H]1[C@@H]2CC[C@]2(C)C(=O)CC[C@@H]12. The number of aliphatic hydroxyl groups is 1. The molecule has 1 unspecified atom stereocenters. The number of ketones is 1. The first-order valence-electron chi connectivity index (χ1n) is 11.9. The van der Waals surface area contributed by atoms with Gasteiger partial charge in [-0.05, 0) is 86.5 Å². The molecule has 3 saturated carbocycles. The van der Waals surface area contributed by atoms with Gasteiger partial charge in [-0.15, -0.1) is 0 Å². The van der Waals surface area contributed by atoms with Gasteiger partial charge in [0.15, 0.2) is 0 Å². The van der Waals surface area contributed by atoms with Gasteiger partial charge in [0.25, 0.3) is 0 Å². The third-order valence-electron chi connectivity index (χ3n) is 9.78. The predicted molar refractivity (Wildman–Crippen MR) is 112 cm³/mol. The van der Waals surface area contributed by atoms with Crippen molar-refractivity contribution in [1.82, 2.24) is 10.8 Å². The van der Waals surface area contributed by atoms with Gasteiger partial charge >= 0.3 is 0 Å². The molecule has 8 atom stereocenters. The summed E-state index contributed by atoms with van der Waals surface area (Å²) in [6.07, 6.45) is 11.0. The van der Waals surface area contributed by atoms with E-state index in [-0.39, 0.29) is 23.5 Å². The third-order valence-corrected chi connectivity index (χ3v) is 9.78. The standard InChI is InChI=1S/C24H38N2O3/c1-23-8-5-17(26-29-18-7-10-25-13-18)12-16(23)11-15(14-27)22-19-3-4-21(28)24(19,2)9-6-20(22)23/h12,15-16,18-20,22,25-27H,3-11,13-14H2,1-2H3/t15-,16?,18-,19+,20+,22+,23+,24+/m1/s1. The van der Waals surface area contributed by atoms with Crippen LogP contribution in [0.15, 0.2) is 11.8 Å². The number of aliphatic hydroxyl groups excluding tert-OH is 1. The van der Waals surface area contributed by atoms with Crippen LogP contribution in [0.4, 0.5) is 0 Å². The number of hydrogen-bond donors (Lipinski definition) is 3. The Kier molecular flexibility index (Phi) is 5.07. The molecular formula is C24H38N2O3. The number of hydroxylamine groups is 1. The maximum absolute atomic E-state index is 12.7. The number of carbonyl (C=O) groups is 1. The van der Waals surface area contributed by atoms with Gasteiger partial charge < -0.3 is 10.4 Å². The molecule has 0 aromatic heterocycles. The zero-order valence-corrected chi connectivity index (χ0v) is 18.1. The monoisotopic (exact) mass is 402 g/mol. The Labute approximate surface area is 175 Å². The van der Waals surface area contributed by atoms with Crippen molar-refractivity contribution >= 4 is 5.78 Å². The molecule has 0 aromatic carbocycles. The number of hydrogen-bond acceptors (Lipinski definition) is 5. The van der Waals surface area contributed by atoms with Gasteiger partial charge in [0, 0.05) is 30.7 Å². The average Bonchev–Trinajstić information content (AvgIpc) is 3.34. The average molecular weight is 403 g/mol. The van der Waals surface area contributed by atoms with Crippen LogP contribution in [0.3, 0.4) is 0 Å². The molecule has 0 amide bonds. The second-order valence-electron chi connectivity index (χ2n) is 11.0. The summed E-state index contributed by atoms with van der Waals surface area (Å²) in [6, 6.07) is 0. The quantitative estimate of drug-likeness (QED) is 0.630. The van der Waals surface area contributed by atoms with Crippen molar-refractivity contribution in [3.8, 4) is 0 Å². The van der Waals surface area contributed by atoms with Crippen LogP contribution in [0.1, 0.15) is 65.2 Å². The van der Waals surface area contributed by atoms with E-state index < -0.39 is 0 Å². The smallest absolute Gasteiger partial charge is 0.139 e. The Bertz CT molecular complexity index is 688. The first kappa shape index (κ1) is 20.0. The summed E-state index contributed by atoms with van der Waals surface area (Å²) < 4.78 is 0. The highest BCUT2D eigenvalue weighted by Gasteiger charge is 2.61. The minimum atomic E-state index is -0.127. The number of nitrogens with one attached hydrogen (secondary N) is 2. The largest absolute Gasteiger partial charge is 0.396 e. The fourth-order valence-corrected chi connectivity index (χ4v) is 7.95. The summed E-state index contributed by atoms with van der Waals surface area (Å²) >= 11 is 0. The molecule has 4 aliphatic carbocycles. The van der Waals surface area contributed by atoms with Gasteiger partial charge in [0.2, 0.25) is 0 Å². The van der Waals surface area contributed by atoms with Crippen LogP contribution in [-0.4, -0.2) is 36.7 Å². The maximum atomic E-state index is 12.7. The van der Waals surface area contributed by atoms with E-state index in [2.05, 4.69) is 30.7 Å². The van der Waals surface area contributed by atoms with E-state index in [1.165, 1.54) is 12.1 Å². The first-order chi connectivity index (χ1) is 14.0. The van der Waals surface area contributed by atoms with Crippen molar-refractivity contribution in [2.75, 3.05) is 19.7 Å². The van der Waals surface area contributed by atoms with Crippen LogP contribution in [0, 0.1) is 40.4 Å². The van der Waals surface area contributed by atoms with Gasteiger partial charge in [0.1, 0.15) is 5.78 Å². The normalized spacial score (nSPS) is 49.2. The van der Waals surface area contributed by atoms with E-state index in [4.69, 9.17) is 4.84 Å². The summed E-state index contributed by atoms with van der Waals surface area (Å²) in [7, 11) is 0. The summed E-state index contributed by atoms with van der Waals surface area (Å²) in [6.45, 7) is 6.95. The molecule has 0 radical (unpaired) electrons. The molecule has 1 heterocycles. The van der Waals surface area contributed by atoms with Crippen LogP contribution in [0.2, 0.25) is 0 Å². The van der Waals surface area contributed by atoms with E-state index in [9.17, 15) is 9.90 Å². The second kappa shape index (κ2) is 7.35. The third kappa shape index (κ3) is 3.11. The fraction of sp³-hybridized carbons (Fsp3) is 0.875. The molecule has 0 aromatic rings. The number of rotatable bonds is 4. The molecule has 29 heavy (non-hydrogen) atoms. The van der Waals surface area contributed by atoms with Gasteiger partial charge in [-0.25, -0.2) is 0 Å². The second-order valence-corrected chi connectivity index (χ2v) is 11.0. The fourth-order valence-electron chi connectivity index (χ4n) is 7.95. The minimum Gasteiger partial charge on any atom is -0.396 e. The van der Waals surface area contributed by atoms with Crippen LogP contribution >= 0.6 is 0 Å². The van der Waals surface area contributed by atoms with E-state index in [0.717, 1.165) is 58.0 Å². The summed E-state index contributed by atoms with van der Waals surface area (Å²) in [5.74, 6) is 2.91. The lowest BCUT2D eigenvalue weighted by molar-refractivity contribution is -0.145. The van der Waals surface area contributed by atoms with Crippen LogP contribution in [-0.2, 0) is 9.63 Å². The Morgan fingerprint density at radius 3 is 2.83 bits per heavy atom. The van der Waals surface area contributed by atoms with Crippen molar-refractivity contribution in [3.63, 3.8) is 0 Å². The Hall–Kier alpha value is -0.910. The van der Waals surface area contributed by atoms with Gasteiger partial charge in [-0.3, -0.25) is 15.1 Å². The Morgan fingerprint density at radius 1 is 1.21 bits per heavy atom. The molecule has 5 nitrogen and oxygen atoms in total. The molecule has 5 rings (SSSR count). The molecule has 3 N–H and O–H groups in total. The van der Waals surface area contributed by atoms with Gasteiger partial charge in [0.05, 0.1) is 6.10 Å². The highest BCUT2D eigenvalue weighted by molar-refractivity contribution is 5.87. The van der Waals surface area contributed by atoms with Gasteiger partial charge in [-0.1, -0.05) is 19.9 Å². The van der Waals surface area contributed by atoms with E-state index in [1.807, 2.05) is 0 Å². The summed E-state index contributed by atoms with van der Waals surface area (Å²) in [5.41, 5.74) is 4.66. The lowest BCUT2D eigenvalue weighted by Crippen LogP contribution is -2.56. The molecule has 0 spiro atoms. The van der Waals surface area contributed by atoms with Crippen molar-refractivity contribution in [2.45, 2.75) is 71.3 Å². The van der Waals surface area contributed by atoms with E-state index in [1.54, 1.807) is 0 Å². The minimum absolute atomic E-state index is 0.127. The topological polar surface area (TPSA) is 70.6 Å². The summed E-state index contributed by atoms with van der Waals surface area (Å²) in [4.78, 5) is 18.6. The summed E-state index contributed by atoms with van der Waals surface area (Å²) in [5, 5.41) is 13.7. The van der Waals surface area contributed by atoms with Crippen LogP contribution < -0.4 is 10.8 Å². The molecule has 0 bridgehead atoms. The number of allylic oxidation sites excluding steroid dienone is 2. The molecule has 5 heteroatoms. The van der Waals surface area contributed by atoms with Crippen molar-refractivity contribution in [3.05, 3.63) is 11.8 Å². The van der Waals surface area contributed by atoms with Crippen molar-refractivity contribution < 1.29 is 14.7 Å². The molecule has 162 valence electrons. The van der Waals surface area contributed by atoms with Crippen LogP contribution in [0.25, 0.3) is 0 Å². The van der Waals surface area contributed by atoms with Crippen LogP contribution in [0.5, 0.6) is 0 Å². The van der Waals surface area contributed by atoms with E-state index in [0.29, 0.717) is 35.4 Å². The number of Topliss-reactive ketones (excluding diaryl/α,β-unsaturated/α-hetero) is 1. The van der Waals surface area contributed by atoms with E-state index >= 15 is 0 Å². The molecule has 1 saturated heterocycles. The number of fused-ring (bicyclic) bond motifs is 5. The highest BCUT2D eigenvalue weighted by Crippen LogP contribution is 2.66. The number of carbonyl (C=O) groups excluding carboxylic acids is 1.